The molecule has 3 aromatic rings. The molecule has 1 aliphatic rings. The first kappa shape index (κ1) is 34.7. The second kappa shape index (κ2) is 18.7. The molecule has 3 amide bonds. The lowest BCUT2D eigenvalue weighted by molar-refractivity contribution is -0.146. The summed E-state index contributed by atoms with van der Waals surface area (Å²) < 4.78 is 16.3. The van der Waals surface area contributed by atoms with Crippen molar-refractivity contribution < 1.29 is 38.5 Å². The van der Waals surface area contributed by atoms with Crippen LogP contribution in [0, 0.1) is 5.92 Å². The van der Waals surface area contributed by atoms with Gasteiger partial charge in [0.15, 0.2) is 0 Å². The van der Waals surface area contributed by atoms with Gasteiger partial charge in [-0.2, -0.15) is 0 Å². The van der Waals surface area contributed by atoms with Gasteiger partial charge in [-0.3, -0.25) is 9.59 Å². The van der Waals surface area contributed by atoms with E-state index < -0.39 is 30.1 Å². The Bertz CT molecular complexity index is 1460. The second-order valence-electron chi connectivity index (χ2n) is 11.1. The quantitative estimate of drug-likeness (QED) is 0.173. The largest absolute Gasteiger partial charge is 0.489 e. The second-order valence-corrected chi connectivity index (χ2v) is 11.1. The summed E-state index contributed by atoms with van der Waals surface area (Å²) in [5.41, 5.74) is 2.77. The molecule has 0 spiro atoms. The summed E-state index contributed by atoms with van der Waals surface area (Å²) in [4.78, 5) is 50.8. The number of benzene rings is 3. The molecule has 3 aromatic carbocycles. The molecule has 4 N–H and O–H groups in total. The predicted molar refractivity (Wildman–Crippen MR) is 174 cm³/mol. The number of esters is 1. The monoisotopic (exact) mass is 643 g/mol. The Morgan fingerprint density at radius 2 is 1.53 bits per heavy atom. The molecular weight excluding hydrogens is 602 g/mol. The van der Waals surface area contributed by atoms with E-state index in [9.17, 15) is 24.3 Å². The molecule has 0 aromatic heterocycles. The van der Waals surface area contributed by atoms with Crippen molar-refractivity contribution in [3.63, 3.8) is 0 Å². The Balaban J connectivity index is 1.26. The lowest BCUT2D eigenvalue weighted by Crippen LogP contribution is -2.43. The number of carbonyl (C=O) groups excluding carboxylic acids is 4. The van der Waals surface area contributed by atoms with Gasteiger partial charge < -0.3 is 35.3 Å². The van der Waals surface area contributed by atoms with Crippen molar-refractivity contribution in [2.75, 3.05) is 19.8 Å². The Morgan fingerprint density at radius 3 is 2.21 bits per heavy atom. The highest BCUT2D eigenvalue weighted by Crippen LogP contribution is 2.16. The molecule has 0 saturated heterocycles. The van der Waals surface area contributed by atoms with Crippen LogP contribution < -0.4 is 20.7 Å². The number of aliphatic hydroxyl groups is 1. The summed E-state index contributed by atoms with van der Waals surface area (Å²) in [5, 5.41) is 18.0. The van der Waals surface area contributed by atoms with Crippen molar-refractivity contribution in [3.8, 4) is 5.75 Å². The predicted octanol–water partition coefficient (Wildman–Crippen LogP) is 3.60. The maximum absolute atomic E-state index is 13.0. The van der Waals surface area contributed by atoms with Gasteiger partial charge in [0.25, 0.3) is 0 Å². The van der Waals surface area contributed by atoms with Crippen LogP contribution in [-0.2, 0) is 43.5 Å². The van der Waals surface area contributed by atoms with Gasteiger partial charge in [0.05, 0.1) is 25.1 Å². The van der Waals surface area contributed by atoms with Crippen LogP contribution in [0.3, 0.4) is 0 Å². The van der Waals surface area contributed by atoms with Crippen LogP contribution in [0.5, 0.6) is 5.75 Å². The summed E-state index contributed by atoms with van der Waals surface area (Å²) in [7, 11) is 0. The van der Waals surface area contributed by atoms with Gasteiger partial charge in [0.1, 0.15) is 31.6 Å². The molecule has 0 aliphatic carbocycles. The summed E-state index contributed by atoms with van der Waals surface area (Å²) in [5.74, 6) is -1.36. The highest BCUT2D eigenvalue weighted by Gasteiger charge is 2.25. The number of rotatable bonds is 12. The van der Waals surface area contributed by atoms with Crippen LogP contribution in [0.25, 0.3) is 0 Å². The Hall–Kier alpha value is -5.16. The van der Waals surface area contributed by atoms with Crippen molar-refractivity contribution >= 4 is 23.9 Å². The minimum absolute atomic E-state index is 0.0436. The van der Waals surface area contributed by atoms with E-state index in [1.165, 1.54) is 0 Å². The molecule has 1 heterocycles. The molecule has 4 rings (SSSR count). The van der Waals surface area contributed by atoms with E-state index in [0.717, 1.165) is 16.7 Å². The molecule has 0 unspecified atom stereocenters. The summed E-state index contributed by atoms with van der Waals surface area (Å²) in [6.07, 6.45) is 3.23. The zero-order valence-electron chi connectivity index (χ0n) is 26.1. The van der Waals surface area contributed by atoms with Crippen molar-refractivity contribution in [1.82, 2.24) is 16.0 Å². The molecule has 47 heavy (non-hydrogen) atoms. The van der Waals surface area contributed by atoms with Gasteiger partial charge >= 0.3 is 12.1 Å². The van der Waals surface area contributed by atoms with Gasteiger partial charge in [-0.05, 0) is 48.1 Å². The minimum atomic E-state index is -0.985. The van der Waals surface area contributed by atoms with Gasteiger partial charge in [-0.1, -0.05) is 84.9 Å². The molecule has 11 heteroatoms. The lowest BCUT2D eigenvalue weighted by atomic mass is 9.98. The van der Waals surface area contributed by atoms with Gasteiger partial charge in [-0.25, -0.2) is 9.59 Å². The highest BCUT2D eigenvalue weighted by atomic mass is 16.6. The van der Waals surface area contributed by atoms with E-state index in [0.29, 0.717) is 18.8 Å². The van der Waals surface area contributed by atoms with Crippen molar-refractivity contribution in [2.45, 2.75) is 51.0 Å². The fraction of sp³-hybridized carbons (Fsp3) is 0.333. The maximum Gasteiger partial charge on any atom is 0.408 e. The number of allylic oxidation sites excluding steroid dienone is 1. The highest BCUT2D eigenvalue weighted by molar-refractivity contribution is 5.86. The molecular formula is C36H41N3O8. The van der Waals surface area contributed by atoms with Crippen molar-refractivity contribution in [2.24, 2.45) is 5.92 Å². The summed E-state index contributed by atoms with van der Waals surface area (Å²) in [6.45, 7) is 0.164. The third kappa shape index (κ3) is 12.3. The van der Waals surface area contributed by atoms with E-state index >= 15 is 0 Å². The summed E-state index contributed by atoms with van der Waals surface area (Å²) in [6, 6.07) is 24.9. The van der Waals surface area contributed by atoms with Crippen LogP contribution >= 0.6 is 0 Å². The zero-order valence-corrected chi connectivity index (χ0v) is 26.1. The number of aliphatic hydroxyl groups excluding tert-OH is 1. The SMILES string of the molecule is O=C(C[C@H]1CC=CC[C@@H](NC(=O)OCc2ccccc2)C(=O)OCCNC1=O)N[C@H](CO)Cc1ccc(OCc2ccccc2)cc1. The summed E-state index contributed by atoms with van der Waals surface area (Å²) >= 11 is 0. The molecule has 248 valence electrons. The van der Waals surface area contributed by atoms with Crippen molar-refractivity contribution in [1.29, 1.82) is 0 Å². The molecule has 1 aliphatic heterocycles. The molecule has 0 bridgehead atoms. The first-order valence-electron chi connectivity index (χ1n) is 15.6. The molecule has 3 atom stereocenters. The fourth-order valence-corrected chi connectivity index (χ4v) is 4.89. The maximum atomic E-state index is 13.0. The van der Waals surface area contributed by atoms with Crippen LogP contribution in [0.4, 0.5) is 4.79 Å². The van der Waals surface area contributed by atoms with Crippen molar-refractivity contribution in [3.05, 3.63) is 114 Å². The first-order valence-corrected chi connectivity index (χ1v) is 15.6. The molecule has 11 nitrogen and oxygen atoms in total. The topological polar surface area (TPSA) is 152 Å². The van der Waals surface area contributed by atoms with Gasteiger partial charge in [-0.15, -0.1) is 0 Å². The third-order valence-electron chi connectivity index (χ3n) is 7.44. The first-order chi connectivity index (χ1) is 22.9. The van der Waals surface area contributed by atoms with Gasteiger partial charge in [0.2, 0.25) is 11.8 Å². The lowest BCUT2D eigenvalue weighted by Gasteiger charge is -2.21. The van der Waals surface area contributed by atoms with Crippen LogP contribution in [0.2, 0.25) is 0 Å². The number of amides is 3. The fourth-order valence-electron chi connectivity index (χ4n) is 4.89. The smallest absolute Gasteiger partial charge is 0.408 e. The van der Waals surface area contributed by atoms with E-state index in [1.807, 2.05) is 84.9 Å². The Kier molecular flexibility index (Phi) is 13.8. The van der Waals surface area contributed by atoms with Crippen LogP contribution in [0.1, 0.15) is 36.0 Å². The van der Waals surface area contributed by atoms with Crippen LogP contribution in [0.15, 0.2) is 97.1 Å². The third-order valence-corrected chi connectivity index (χ3v) is 7.44. The van der Waals surface area contributed by atoms with Crippen LogP contribution in [-0.4, -0.2) is 60.8 Å². The van der Waals surface area contributed by atoms with E-state index in [2.05, 4.69) is 16.0 Å². The Labute approximate surface area is 274 Å². The van der Waals surface area contributed by atoms with E-state index in [-0.39, 0.29) is 57.4 Å². The number of carbonyl (C=O) groups is 4. The molecule has 0 saturated carbocycles. The number of hydrogen-bond donors (Lipinski definition) is 4. The number of nitrogens with one attached hydrogen (secondary N) is 3. The number of ether oxygens (including phenoxy) is 3. The number of hydrogen-bond acceptors (Lipinski definition) is 8. The van der Waals surface area contributed by atoms with E-state index in [4.69, 9.17) is 14.2 Å². The number of alkyl carbamates (subject to hydrolysis) is 1. The standard InChI is InChI=1S/C36H41N3O8/c40-23-30(21-26-15-17-31(18-16-26)46-24-27-9-3-1-4-10-27)38-33(41)22-29-13-7-8-14-32(35(43)45-20-19-37-34(29)42)39-36(44)47-25-28-11-5-2-6-12-28/h1-12,15-18,29-30,32,40H,13-14,19-25H2,(H,37,42)(H,38,41)(H,39,44)/t29-,30+,32-/m1/s1. The number of cyclic esters (lactones) is 1. The zero-order chi connectivity index (χ0) is 33.3. The average molecular weight is 644 g/mol. The average Bonchev–Trinajstić information content (AvgIpc) is 3.09. The molecule has 0 radical (unpaired) electrons. The normalized spacial score (nSPS) is 17.6. The minimum Gasteiger partial charge on any atom is -0.489 e. The van der Waals surface area contributed by atoms with E-state index in [1.54, 1.807) is 12.2 Å². The van der Waals surface area contributed by atoms with Gasteiger partial charge in [0, 0.05) is 6.42 Å². The Morgan fingerprint density at radius 1 is 0.872 bits per heavy atom. The molecule has 0 fully saturated rings.